The molecule has 1 atom stereocenters. The lowest BCUT2D eigenvalue weighted by molar-refractivity contribution is -0.384. The summed E-state index contributed by atoms with van der Waals surface area (Å²) < 4.78 is 5.34. The van der Waals surface area contributed by atoms with Crippen molar-refractivity contribution in [2.24, 2.45) is 0 Å². The molecular formula is C14H19N3O3. The summed E-state index contributed by atoms with van der Waals surface area (Å²) in [6.07, 6.45) is 2.52. The molecule has 0 spiro atoms. The minimum Gasteiger partial charge on any atom is -0.494 e. The van der Waals surface area contributed by atoms with Crippen LogP contribution in [0.25, 0.3) is 0 Å². The molecule has 0 amide bonds. The molecule has 2 heterocycles. The maximum atomic E-state index is 10.8. The fraction of sp³-hybridized carbons (Fsp3) is 0.571. The van der Waals surface area contributed by atoms with Crippen molar-refractivity contribution in [3.8, 4) is 5.75 Å². The number of nitrogens with zero attached hydrogens (tertiary/aromatic N) is 3. The van der Waals surface area contributed by atoms with Gasteiger partial charge in [0.25, 0.3) is 5.69 Å². The van der Waals surface area contributed by atoms with Crippen LogP contribution >= 0.6 is 0 Å². The van der Waals surface area contributed by atoms with Crippen LogP contribution in [0.3, 0.4) is 0 Å². The van der Waals surface area contributed by atoms with Crippen LogP contribution in [0.2, 0.25) is 0 Å². The van der Waals surface area contributed by atoms with Crippen LogP contribution in [0.5, 0.6) is 5.75 Å². The van der Waals surface area contributed by atoms with E-state index in [0.29, 0.717) is 11.8 Å². The fourth-order valence-corrected chi connectivity index (χ4v) is 3.25. The lowest BCUT2D eigenvalue weighted by Gasteiger charge is -2.39. The molecule has 1 unspecified atom stereocenters. The topological polar surface area (TPSA) is 58.9 Å². The molecule has 0 bridgehead atoms. The average molecular weight is 277 g/mol. The van der Waals surface area contributed by atoms with Gasteiger partial charge in [-0.2, -0.15) is 0 Å². The molecule has 108 valence electrons. The van der Waals surface area contributed by atoms with Crippen molar-refractivity contribution in [2.75, 3.05) is 38.2 Å². The van der Waals surface area contributed by atoms with Gasteiger partial charge in [-0.1, -0.05) is 0 Å². The van der Waals surface area contributed by atoms with E-state index in [2.05, 4.69) is 9.80 Å². The van der Waals surface area contributed by atoms with Crippen LogP contribution in [-0.4, -0.2) is 49.2 Å². The number of nitro groups is 1. The quantitative estimate of drug-likeness (QED) is 0.623. The smallest absolute Gasteiger partial charge is 0.273 e. The van der Waals surface area contributed by atoms with E-state index < -0.39 is 0 Å². The van der Waals surface area contributed by atoms with Gasteiger partial charge in [-0.25, -0.2) is 0 Å². The molecule has 1 aromatic rings. The van der Waals surface area contributed by atoms with Crippen LogP contribution in [0.1, 0.15) is 12.8 Å². The first-order chi connectivity index (χ1) is 9.69. The normalized spacial score (nSPS) is 22.6. The van der Waals surface area contributed by atoms with Crippen LogP contribution < -0.4 is 9.64 Å². The van der Waals surface area contributed by atoms with E-state index in [-0.39, 0.29) is 10.6 Å². The zero-order valence-electron chi connectivity index (χ0n) is 11.6. The summed E-state index contributed by atoms with van der Waals surface area (Å²) in [7, 11) is 1.56. The number of hydrogen-bond acceptors (Lipinski definition) is 5. The lowest BCUT2D eigenvalue weighted by Crippen LogP contribution is -2.50. The highest BCUT2D eigenvalue weighted by molar-refractivity contribution is 5.62. The van der Waals surface area contributed by atoms with Gasteiger partial charge >= 0.3 is 0 Å². The van der Waals surface area contributed by atoms with E-state index in [4.69, 9.17) is 4.74 Å². The highest BCUT2D eigenvalue weighted by Gasteiger charge is 2.31. The average Bonchev–Trinajstić information content (AvgIpc) is 2.93. The molecular weight excluding hydrogens is 258 g/mol. The predicted molar refractivity (Wildman–Crippen MR) is 76.5 cm³/mol. The van der Waals surface area contributed by atoms with Gasteiger partial charge < -0.3 is 9.64 Å². The van der Waals surface area contributed by atoms with Gasteiger partial charge in [0, 0.05) is 31.7 Å². The number of nitro benzene ring substituents is 1. The number of fused-ring (bicyclic) bond motifs is 1. The molecule has 6 heteroatoms. The van der Waals surface area contributed by atoms with Crippen molar-refractivity contribution < 1.29 is 9.66 Å². The van der Waals surface area contributed by atoms with Crippen molar-refractivity contribution in [3.63, 3.8) is 0 Å². The van der Waals surface area contributed by atoms with Gasteiger partial charge in [0.2, 0.25) is 0 Å². The molecule has 0 aromatic heterocycles. The van der Waals surface area contributed by atoms with Crippen LogP contribution in [0.4, 0.5) is 11.4 Å². The SMILES string of the molecule is COc1cc([N+](=O)[O-])ccc1N1CCN2CCCC2C1. The third-order valence-corrected chi connectivity index (χ3v) is 4.30. The Hall–Kier alpha value is -1.82. The minimum absolute atomic E-state index is 0.0742. The van der Waals surface area contributed by atoms with Crippen molar-refractivity contribution in [3.05, 3.63) is 28.3 Å². The van der Waals surface area contributed by atoms with Crippen molar-refractivity contribution in [1.29, 1.82) is 0 Å². The first-order valence-electron chi connectivity index (χ1n) is 7.00. The van der Waals surface area contributed by atoms with E-state index in [1.54, 1.807) is 13.2 Å². The summed E-state index contributed by atoms with van der Waals surface area (Å²) in [6.45, 7) is 4.19. The molecule has 2 saturated heterocycles. The summed E-state index contributed by atoms with van der Waals surface area (Å²) >= 11 is 0. The zero-order chi connectivity index (χ0) is 14.1. The first-order valence-corrected chi connectivity index (χ1v) is 7.00. The molecule has 2 fully saturated rings. The lowest BCUT2D eigenvalue weighted by atomic mass is 10.1. The molecule has 0 aliphatic carbocycles. The molecule has 0 radical (unpaired) electrons. The number of hydrogen-bond donors (Lipinski definition) is 0. The van der Waals surface area contributed by atoms with Gasteiger partial charge in [0.15, 0.2) is 0 Å². The molecule has 3 rings (SSSR count). The predicted octanol–water partition coefficient (Wildman–Crippen LogP) is 1.89. The van der Waals surface area contributed by atoms with E-state index >= 15 is 0 Å². The number of rotatable bonds is 3. The molecule has 0 N–H and O–H groups in total. The summed E-state index contributed by atoms with van der Waals surface area (Å²) in [4.78, 5) is 15.3. The number of benzene rings is 1. The second-order valence-corrected chi connectivity index (χ2v) is 5.39. The Morgan fingerprint density at radius 3 is 2.95 bits per heavy atom. The molecule has 6 nitrogen and oxygen atoms in total. The number of methoxy groups -OCH3 is 1. The number of non-ortho nitro benzene ring substituents is 1. The van der Waals surface area contributed by atoms with Crippen LogP contribution in [0.15, 0.2) is 18.2 Å². The Morgan fingerprint density at radius 1 is 1.35 bits per heavy atom. The van der Waals surface area contributed by atoms with E-state index in [1.165, 1.54) is 25.5 Å². The Bertz CT molecular complexity index is 520. The van der Waals surface area contributed by atoms with Gasteiger partial charge in [0.05, 0.1) is 23.8 Å². The third-order valence-electron chi connectivity index (χ3n) is 4.30. The second-order valence-electron chi connectivity index (χ2n) is 5.39. The molecule has 20 heavy (non-hydrogen) atoms. The van der Waals surface area contributed by atoms with Crippen LogP contribution in [0, 0.1) is 10.1 Å². The highest BCUT2D eigenvalue weighted by atomic mass is 16.6. The Morgan fingerprint density at radius 2 is 2.20 bits per heavy atom. The number of piperazine rings is 1. The summed E-state index contributed by atoms with van der Waals surface area (Å²) in [6, 6.07) is 5.49. The van der Waals surface area contributed by atoms with Crippen LogP contribution in [-0.2, 0) is 0 Å². The summed E-state index contributed by atoms with van der Waals surface area (Å²) in [5.41, 5.74) is 1.04. The maximum absolute atomic E-state index is 10.8. The Labute approximate surface area is 118 Å². The van der Waals surface area contributed by atoms with Crippen molar-refractivity contribution in [1.82, 2.24) is 4.90 Å². The Balaban J connectivity index is 1.84. The highest BCUT2D eigenvalue weighted by Crippen LogP contribution is 2.34. The largest absolute Gasteiger partial charge is 0.494 e. The van der Waals surface area contributed by atoms with Crippen molar-refractivity contribution in [2.45, 2.75) is 18.9 Å². The van der Waals surface area contributed by atoms with E-state index in [0.717, 1.165) is 25.3 Å². The fourth-order valence-electron chi connectivity index (χ4n) is 3.25. The number of anilines is 1. The molecule has 0 saturated carbocycles. The molecule has 2 aliphatic rings. The van der Waals surface area contributed by atoms with E-state index in [9.17, 15) is 10.1 Å². The van der Waals surface area contributed by atoms with Gasteiger partial charge in [-0.05, 0) is 25.5 Å². The second kappa shape index (κ2) is 5.28. The number of ether oxygens (including phenoxy) is 1. The van der Waals surface area contributed by atoms with Gasteiger partial charge in [-0.15, -0.1) is 0 Å². The third kappa shape index (κ3) is 2.31. The standard InChI is InChI=1S/C14H19N3O3/c1-20-14-9-11(17(18)19)4-5-13(14)16-8-7-15-6-2-3-12(15)10-16/h4-5,9,12H,2-3,6-8,10H2,1H3. The minimum atomic E-state index is -0.388. The Kier molecular flexibility index (Phi) is 3.48. The molecule has 1 aromatic carbocycles. The monoisotopic (exact) mass is 277 g/mol. The van der Waals surface area contributed by atoms with E-state index in [1.807, 2.05) is 6.07 Å². The first kappa shape index (κ1) is 13.2. The zero-order valence-corrected chi connectivity index (χ0v) is 11.6. The van der Waals surface area contributed by atoms with Gasteiger partial charge in [0.1, 0.15) is 5.75 Å². The summed E-state index contributed by atoms with van der Waals surface area (Å²) in [5, 5.41) is 10.8. The molecule has 2 aliphatic heterocycles. The van der Waals surface area contributed by atoms with Crippen molar-refractivity contribution >= 4 is 11.4 Å². The van der Waals surface area contributed by atoms with Gasteiger partial charge in [-0.3, -0.25) is 15.0 Å². The summed E-state index contributed by atoms with van der Waals surface area (Å²) in [5.74, 6) is 0.589. The maximum Gasteiger partial charge on any atom is 0.273 e.